The Morgan fingerprint density at radius 3 is 2.62 bits per heavy atom. The third kappa shape index (κ3) is 3.83. The Morgan fingerprint density at radius 1 is 1.24 bits per heavy atom. The number of hydrogen-bond acceptors (Lipinski definition) is 5. The average molecular weight is 290 g/mol. The highest BCUT2D eigenvalue weighted by Gasteiger charge is 2.15. The molecule has 114 valence electrons. The Labute approximate surface area is 125 Å². The molecule has 0 aliphatic heterocycles. The maximum atomic E-state index is 9.30. The first-order valence-corrected chi connectivity index (χ1v) is 7.02. The van der Waals surface area contributed by atoms with Crippen molar-refractivity contribution in [2.24, 2.45) is 0 Å². The van der Waals surface area contributed by atoms with Crippen molar-refractivity contribution in [3.63, 3.8) is 0 Å². The summed E-state index contributed by atoms with van der Waals surface area (Å²) in [7, 11) is 1.67. The van der Waals surface area contributed by atoms with Crippen molar-refractivity contribution in [3.05, 3.63) is 46.8 Å². The Hall–Kier alpha value is -1.85. The third-order valence-electron chi connectivity index (χ3n) is 3.57. The summed E-state index contributed by atoms with van der Waals surface area (Å²) in [5.41, 5.74) is 3.08. The Kier molecular flexibility index (Phi) is 5.36. The molecular formula is C16H22N2O3. The van der Waals surface area contributed by atoms with Crippen LogP contribution in [0, 0.1) is 13.8 Å². The van der Waals surface area contributed by atoms with E-state index >= 15 is 0 Å². The molecule has 1 aromatic heterocycles. The van der Waals surface area contributed by atoms with Crippen molar-refractivity contribution in [1.29, 1.82) is 0 Å². The average Bonchev–Trinajstić information content (AvgIpc) is 2.80. The van der Waals surface area contributed by atoms with Gasteiger partial charge in [0.25, 0.3) is 0 Å². The quantitative estimate of drug-likeness (QED) is 0.848. The Bertz CT molecular complexity index is 561. The van der Waals surface area contributed by atoms with Crippen LogP contribution in [0.25, 0.3) is 0 Å². The van der Waals surface area contributed by atoms with E-state index in [2.05, 4.69) is 10.1 Å². The lowest BCUT2D eigenvalue weighted by Gasteiger charge is -2.22. The molecule has 0 radical (unpaired) electrons. The summed E-state index contributed by atoms with van der Waals surface area (Å²) >= 11 is 0. The van der Waals surface area contributed by atoms with Gasteiger partial charge in [-0.2, -0.15) is 0 Å². The van der Waals surface area contributed by atoms with Crippen molar-refractivity contribution in [2.45, 2.75) is 26.9 Å². The number of aliphatic hydroxyl groups excluding tert-OH is 1. The second-order valence-electron chi connectivity index (χ2n) is 5.05. The van der Waals surface area contributed by atoms with E-state index in [1.165, 1.54) is 0 Å². The molecule has 21 heavy (non-hydrogen) atoms. The molecule has 2 rings (SSSR count). The number of hydrogen-bond donors (Lipinski definition) is 1. The van der Waals surface area contributed by atoms with E-state index < -0.39 is 0 Å². The summed E-state index contributed by atoms with van der Waals surface area (Å²) in [6, 6.07) is 7.93. The molecule has 0 saturated heterocycles. The highest BCUT2D eigenvalue weighted by atomic mass is 16.5. The standard InChI is InChI=1S/C16H22N2O3/c1-12-15(13(2)21-17-12)11-18(8-9-19)10-14-6-4-5-7-16(14)20-3/h4-7,19H,8-11H2,1-3H3. The predicted octanol–water partition coefficient (Wildman–Crippen LogP) is 2.29. The van der Waals surface area contributed by atoms with Crippen LogP contribution < -0.4 is 4.74 Å². The summed E-state index contributed by atoms with van der Waals surface area (Å²) < 4.78 is 10.6. The summed E-state index contributed by atoms with van der Waals surface area (Å²) in [5, 5.41) is 13.3. The molecule has 0 unspecified atom stereocenters. The number of benzene rings is 1. The van der Waals surface area contributed by atoms with Gasteiger partial charge in [-0.15, -0.1) is 0 Å². The first kappa shape index (κ1) is 15.5. The summed E-state index contributed by atoms with van der Waals surface area (Å²) in [4.78, 5) is 2.16. The van der Waals surface area contributed by atoms with Crippen molar-refractivity contribution < 1.29 is 14.4 Å². The van der Waals surface area contributed by atoms with Crippen LogP contribution in [0.15, 0.2) is 28.8 Å². The number of aliphatic hydroxyl groups is 1. The summed E-state index contributed by atoms with van der Waals surface area (Å²) in [5.74, 6) is 1.69. The van der Waals surface area contributed by atoms with E-state index in [4.69, 9.17) is 9.26 Å². The zero-order valence-corrected chi connectivity index (χ0v) is 12.8. The number of aryl methyl sites for hydroxylation is 2. The van der Waals surface area contributed by atoms with Crippen molar-refractivity contribution >= 4 is 0 Å². The van der Waals surface area contributed by atoms with Crippen molar-refractivity contribution in [3.8, 4) is 5.75 Å². The van der Waals surface area contributed by atoms with E-state index in [9.17, 15) is 5.11 Å². The minimum Gasteiger partial charge on any atom is -0.496 e. The second-order valence-corrected chi connectivity index (χ2v) is 5.05. The predicted molar refractivity (Wildman–Crippen MR) is 80.2 cm³/mol. The molecule has 0 fully saturated rings. The molecule has 0 amide bonds. The number of methoxy groups -OCH3 is 1. The van der Waals surface area contributed by atoms with Gasteiger partial charge in [0.15, 0.2) is 0 Å². The lowest BCUT2D eigenvalue weighted by atomic mass is 10.1. The molecule has 0 aliphatic carbocycles. The van der Waals surface area contributed by atoms with Crippen molar-refractivity contribution in [1.82, 2.24) is 10.1 Å². The van der Waals surface area contributed by atoms with Crippen molar-refractivity contribution in [2.75, 3.05) is 20.3 Å². The summed E-state index contributed by atoms with van der Waals surface area (Å²) in [6.07, 6.45) is 0. The smallest absolute Gasteiger partial charge is 0.138 e. The molecule has 1 heterocycles. The van der Waals surface area contributed by atoms with E-state index in [-0.39, 0.29) is 6.61 Å². The van der Waals surface area contributed by atoms with Gasteiger partial charge in [0.1, 0.15) is 11.5 Å². The maximum absolute atomic E-state index is 9.30. The second kappa shape index (κ2) is 7.24. The lowest BCUT2D eigenvalue weighted by Crippen LogP contribution is -2.26. The van der Waals surface area contributed by atoms with Crippen LogP contribution in [-0.2, 0) is 13.1 Å². The van der Waals surface area contributed by atoms with Gasteiger partial charge in [0.05, 0.1) is 19.4 Å². The van der Waals surface area contributed by atoms with Crippen LogP contribution in [0.2, 0.25) is 0 Å². The summed E-state index contributed by atoms with van der Waals surface area (Å²) in [6.45, 7) is 5.94. The highest BCUT2D eigenvalue weighted by molar-refractivity contribution is 5.33. The first-order chi connectivity index (χ1) is 10.2. The fraction of sp³-hybridized carbons (Fsp3) is 0.438. The molecular weight excluding hydrogens is 268 g/mol. The number of para-hydroxylation sites is 1. The van der Waals surface area contributed by atoms with Crippen LogP contribution in [-0.4, -0.2) is 35.4 Å². The van der Waals surface area contributed by atoms with E-state index in [0.717, 1.165) is 28.3 Å². The van der Waals surface area contributed by atoms with Gasteiger partial charge < -0.3 is 14.4 Å². The van der Waals surface area contributed by atoms with Gasteiger partial charge >= 0.3 is 0 Å². The van der Waals surface area contributed by atoms with Gasteiger partial charge in [-0.1, -0.05) is 23.4 Å². The van der Waals surface area contributed by atoms with E-state index in [0.29, 0.717) is 19.6 Å². The zero-order chi connectivity index (χ0) is 15.2. The fourth-order valence-electron chi connectivity index (χ4n) is 2.38. The minimum atomic E-state index is 0.110. The van der Waals surface area contributed by atoms with Gasteiger partial charge in [-0.3, -0.25) is 4.90 Å². The monoisotopic (exact) mass is 290 g/mol. The van der Waals surface area contributed by atoms with E-state index in [1.807, 2.05) is 38.1 Å². The first-order valence-electron chi connectivity index (χ1n) is 7.02. The molecule has 5 heteroatoms. The highest BCUT2D eigenvalue weighted by Crippen LogP contribution is 2.21. The van der Waals surface area contributed by atoms with Gasteiger partial charge in [0.2, 0.25) is 0 Å². The van der Waals surface area contributed by atoms with E-state index in [1.54, 1.807) is 7.11 Å². The number of nitrogens with zero attached hydrogens (tertiary/aromatic N) is 2. The van der Waals surface area contributed by atoms with Gasteiger partial charge in [-0.05, 0) is 19.9 Å². The fourth-order valence-corrected chi connectivity index (χ4v) is 2.38. The van der Waals surface area contributed by atoms with Crippen LogP contribution in [0.1, 0.15) is 22.6 Å². The zero-order valence-electron chi connectivity index (χ0n) is 12.8. The largest absolute Gasteiger partial charge is 0.496 e. The molecule has 1 N–H and O–H groups in total. The normalized spacial score (nSPS) is 11.1. The number of ether oxygens (including phenoxy) is 1. The molecule has 0 saturated carbocycles. The molecule has 2 aromatic rings. The molecule has 0 spiro atoms. The topological polar surface area (TPSA) is 58.7 Å². The number of rotatable bonds is 7. The molecule has 0 atom stereocenters. The van der Waals surface area contributed by atoms with Gasteiger partial charge in [0, 0.05) is 30.8 Å². The van der Waals surface area contributed by atoms with Crippen LogP contribution in [0.4, 0.5) is 0 Å². The Balaban J connectivity index is 2.16. The molecule has 5 nitrogen and oxygen atoms in total. The molecule has 0 aliphatic rings. The third-order valence-corrected chi connectivity index (χ3v) is 3.57. The maximum Gasteiger partial charge on any atom is 0.138 e. The number of aromatic nitrogens is 1. The van der Waals surface area contributed by atoms with Crippen LogP contribution in [0.3, 0.4) is 0 Å². The van der Waals surface area contributed by atoms with Crippen LogP contribution >= 0.6 is 0 Å². The Morgan fingerprint density at radius 2 is 2.00 bits per heavy atom. The van der Waals surface area contributed by atoms with Gasteiger partial charge in [-0.25, -0.2) is 0 Å². The molecule has 0 bridgehead atoms. The van der Waals surface area contributed by atoms with Crippen LogP contribution in [0.5, 0.6) is 5.75 Å². The minimum absolute atomic E-state index is 0.110. The lowest BCUT2D eigenvalue weighted by molar-refractivity contribution is 0.182. The SMILES string of the molecule is COc1ccccc1CN(CCO)Cc1c(C)noc1C. The molecule has 1 aromatic carbocycles.